The molecule has 1 saturated heterocycles. The van der Waals surface area contributed by atoms with E-state index in [-0.39, 0.29) is 11.4 Å². The van der Waals surface area contributed by atoms with Crippen molar-refractivity contribution in [3.63, 3.8) is 0 Å². The summed E-state index contributed by atoms with van der Waals surface area (Å²) in [6, 6.07) is 25.4. The monoisotopic (exact) mass is 489 g/mol. The first-order valence-electron chi connectivity index (χ1n) is 12.0. The Hall–Kier alpha value is -3.84. The minimum atomic E-state index is -0.311. The van der Waals surface area contributed by atoms with Crippen molar-refractivity contribution in [3.8, 4) is 11.5 Å². The second kappa shape index (κ2) is 12.2. The zero-order valence-corrected chi connectivity index (χ0v) is 20.6. The summed E-state index contributed by atoms with van der Waals surface area (Å²) in [6.45, 7) is 3.95. The van der Waals surface area contributed by atoms with Crippen molar-refractivity contribution < 1.29 is 28.6 Å². The molecule has 7 heteroatoms. The smallest absolute Gasteiger partial charge is 0.306 e. The van der Waals surface area contributed by atoms with Crippen molar-refractivity contribution in [2.24, 2.45) is 5.16 Å². The third-order valence-corrected chi connectivity index (χ3v) is 6.02. The van der Waals surface area contributed by atoms with Crippen LogP contribution in [-0.4, -0.2) is 45.2 Å². The van der Waals surface area contributed by atoms with Gasteiger partial charge in [0.05, 0.1) is 31.7 Å². The van der Waals surface area contributed by atoms with Gasteiger partial charge in [0.15, 0.2) is 0 Å². The Morgan fingerprint density at radius 3 is 2.19 bits per heavy atom. The Labute approximate surface area is 211 Å². The Balaban J connectivity index is 1.29. The first-order chi connectivity index (χ1) is 17.6. The standard InChI is InChI=1S/C29H31NO6/c1-3-34-28(31)17-29(20-33-21-29)24-11-15-26(16-12-24)35-18-22-9-13-25(14-10-22)36-19-27(30-32-2)23-7-5-4-6-8-23/h4-16H,3,17-21H2,1-2H3/b30-27-. The number of carbonyl (C=O) groups excluding carboxylic acids is 1. The number of esters is 1. The lowest BCUT2D eigenvalue weighted by molar-refractivity contribution is -0.151. The van der Waals surface area contributed by atoms with Crippen molar-refractivity contribution in [1.29, 1.82) is 0 Å². The van der Waals surface area contributed by atoms with Crippen molar-refractivity contribution in [1.82, 2.24) is 0 Å². The van der Waals surface area contributed by atoms with Gasteiger partial charge in [0.25, 0.3) is 0 Å². The lowest BCUT2D eigenvalue weighted by atomic mass is 9.76. The van der Waals surface area contributed by atoms with Gasteiger partial charge >= 0.3 is 5.97 Å². The van der Waals surface area contributed by atoms with Crippen LogP contribution in [0.5, 0.6) is 11.5 Å². The number of hydrogen-bond acceptors (Lipinski definition) is 7. The van der Waals surface area contributed by atoms with Crippen molar-refractivity contribution >= 4 is 11.7 Å². The summed E-state index contributed by atoms with van der Waals surface area (Å²) in [6.07, 6.45) is 0.319. The first-order valence-corrected chi connectivity index (χ1v) is 12.0. The summed E-state index contributed by atoms with van der Waals surface area (Å²) in [5, 5.41) is 4.08. The summed E-state index contributed by atoms with van der Waals surface area (Å²) >= 11 is 0. The highest BCUT2D eigenvalue weighted by Gasteiger charge is 2.42. The summed E-state index contributed by atoms with van der Waals surface area (Å²) in [5.41, 5.74) is 3.43. The van der Waals surface area contributed by atoms with Gasteiger partial charge in [-0.3, -0.25) is 4.79 Å². The highest BCUT2D eigenvalue weighted by atomic mass is 16.6. The largest absolute Gasteiger partial charge is 0.489 e. The average Bonchev–Trinajstić information content (AvgIpc) is 2.89. The zero-order valence-electron chi connectivity index (χ0n) is 20.6. The van der Waals surface area contributed by atoms with Crippen LogP contribution in [0.3, 0.4) is 0 Å². The highest BCUT2D eigenvalue weighted by Crippen LogP contribution is 2.37. The maximum atomic E-state index is 12.0. The van der Waals surface area contributed by atoms with E-state index in [2.05, 4.69) is 5.16 Å². The number of benzene rings is 3. The molecule has 0 atom stereocenters. The highest BCUT2D eigenvalue weighted by molar-refractivity contribution is 6.01. The molecule has 1 aliphatic rings. The summed E-state index contributed by atoms with van der Waals surface area (Å²) < 4.78 is 22.4. The maximum absolute atomic E-state index is 12.0. The summed E-state index contributed by atoms with van der Waals surface area (Å²) in [7, 11) is 1.52. The molecule has 36 heavy (non-hydrogen) atoms. The van der Waals surface area contributed by atoms with Crippen LogP contribution in [0.2, 0.25) is 0 Å². The molecule has 0 aromatic heterocycles. The summed E-state index contributed by atoms with van der Waals surface area (Å²) in [5.74, 6) is 1.29. The lowest BCUT2D eigenvalue weighted by Crippen LogP contribution is -2.48. The molecular formula is C29H31NO6. The van der Waals surface area contributed by atoms with E-state index in [1.807, 2.05) is 85.8 Å². The van der Waals surface area contributed by atoms with E-state index in [9.17, 15) is 4.79 Å². The topological polar surface area (TPSA) is 75.6 Å². The van der Waals surface area contributed by atoms with E-state index in [0.29, 0.717) is 45.2 Å². The van der Waals surface area contributed by atoms with Crippen LogP contribution in [-0.2, 0) is 31.1 Å². The fourth-order valence-electron chi connectivity index (χ4n) is 4.02. The molecule has 1 aliphatic heterocycles. The molecule has 7 nitrogen and oxygen atoms in total. The average molecular weight is 490 g/mol. The van der Waals surface area contributed by atoms with Gasteiger partial charge in [-0.05, 0) is 42.3 Å². The van der Waals surface area contributed by atoms with Gasteiger partial charge < -0.3 is 23.8 Å². The predicted octanol–water partition coefficient (Wildman–Crippen LogP) is 4.92. The fourth-order valence-corrected chi connectivity index (χ4v) is 4.02. The van der Waals surface area contributed by atoms with E-state index >= 15 is 0 Å². The SMILES string of the molecule is CCOC(=O)CC1(c2ccc(OCc3ccc(OC/C(=N/OC)c4ccccc4)cc3)cc2)COC1. The van der Waals surface area contributed by atoms with Gasteiger partial charge in [-0.15, -0.1) is 0 Å². The normalized spacial score (nSPS) is 14.4. The number of nitrogens with zero attached hydrogens (tertiary/aromatic N) is 1. The zero-order chi connectivity index (χ0) is 25.2. The maximum Gasteiger partial charge on any atom is 0.306 e. The Morgan fingerprint density at radius 2 is 1.58 bits per heavy atom. The molecule has 3 aromatic carbocycles. The minimum Gasteiger partial charge on any atom is -0.489 e. The molecule has 0 unspecified atom stereocenters. The molecule has 188 valence electrons. The van der Waals surface area contributed by atoms with Gasteiger partial charge in [-0.2, -0.15) is 0 Å². The Kier molecular flexibility index (Phi) is 8.57. The van der Waals surface area contributed by atoms with Crippen molar-refractivity contribution in [2.45, 2.75) is 25.4 Å². The second-order valence-corrected chi connectivity index (χ2v) is 8.59. The fraction of sp³-hybridized carbons (Fsp3) is 0.310. The van der Waals surface area contributed by atoms with Crippen molar-refractivity contribution in [2.75, 3.05) is 33.5 Å². The van der Waals surface area contributed by atoms with Gasteiger partial charge in [-0.25, -0.2) is 0 Å². The minimum absolute atomic E-state index is 0.198. The van der Waals surface area contributed by atoms with Gasteiger partial charge in [0.2, 0.25) is 0 Å². The van der Waals surface area contributed by atoms with E-state index in [4.69, 9.17) is 23.8 Å². The van der Waals surface area contributed by atoms with Crippen LogP contribution in [0, 0.1) is 0 Å². The van der Waals surface area contributed by atoms with Crippen molar-refractivity contribution in [3.05, 3.63) is 95.6 Å². The van der Waals surface area contributed by atoms with Crippen LogP contribution in [0.4, 0.5) is 0 Å². The van der Waals surface area contributed by atoms with Crippen LogP contribution in [0.1, 0.15) is 30.0 Å². The van der Waals surface area contributed by atoms with Gasteiger partial charge in [0, 0.05) is 5.56 Å². The van der Waals surface area contributed by atoms with Gasteiger partial charge in [0.1, 0.15) is 37.5 Å². The number of rotatable bonds is 12. The molecule has 1 heterocycles. The Bertz CT molecular complexity index is 1140. The third kappa shape index (κ3) is 6.43. The second-order valence-electron chi connectivity index (χ2n) is 8.59. The van der Waals surface area contributed by atoms with E-state index in [1.54, 1.807) is 0 Å². The van der Waals surface area contributed by atoms with E-state index in [0.717, 1.165) is 28.2 Å². The molecule has 0 N–H and O–H groups in total. The van der Waals surface area contributed by atoms with E-state index < -0.39 is 0 Å². The lowest BCUT2D eigenvalue weighted by Gasteiger charge is -2.41. The molecular weight excluding hydrogens is 458 g/mol. The number of oxime groups is 1. The summed E-state index contributed by atoms with van der Waals surface area (Å²) in [4.78, 5) is 17.0. The van der Waals surface area contributed by atoms with Gasteiger partial charge in [-0.1, -0.05) is 59.8 Å². The molecule has 0 spiro atoms. The molecule has 0 saturated carbocycles. The quantitative estimate of drug-likeness (QED) is 0.204. The van der Waals surface area contributed by atoms with Crippen LogP contribution in [0.15, 0.2) is 84.0 Å². The Morgan fingerprint density at radius 1 is 0.917 bits per heavy atom. The van der Waals surface area contributed by atoms with E-state index in [1.165, 1.54) is 7.11 Å². The number of carbonyl (C=O) groups is 1. The molecule has 4 rings (SSSR count). The molecule has 0 radical (unpaired) electrons. The van der Waals surface area contributed by atoms with Crippen LogP contribution >= 0.6 is 0 Å². The third-order valence-electron chi connectivity index (χ3n) is 6.02. The number of hydrogen-bond donors (Lipinski definition) is 0. The molecule has 0 aliphatic carbocycles. The molecule has 0 amide bonds. The van der Waals surface area contributed by atoms with Crippen LogP contribution in [0.25, 0.3) is 0 Å². The molecule has 1 fully saturated rings. The first kappa shape index (κ1) is 25.3. The predicted molar refractivity (Wildman–Crippen MR) is 136 cm³/mol. The number of ether oxygens (including phenoxy) is 4. The molecule has 3 aromatic rings. The van der Waals surface area contributed by atoms with Crippen LogP contribution < -0.4 is 9.47 Å². The molecule has 0 bridgehead atoms.